The van der Waals surface area contributed by atoms with Gasteiger partial charge in [0.2, 0.25) is 11.2 Å². The summed E-state index contributed by atoms with van der Waals surface area (Å²) in [5.74, 6) is -1.65. The summed E-state index contributed by atoms with van der Waals surface area (Å²) in [4.78, 5) is 18.5. The third-order valence-electron chi connectivity index (χ3n) is 3.75. The summed E-state index contributed by atoms with van der Waals surface area (Å²) < 4.78 is 46.0. The van der Waals surface area contributed by atoms with Crippen molar-refractivity contribution in [3.63, 3.8) is 0 Å². The number of phenols is 1. The number of fused-ring (bicyclic) bond motifs is 1. The van der Waals surface area contributed by atoms with Gasteiger partial charge in [-0.1, -0.05) is 0 Å². The number of thiazole rings is 1. The van der Waals surface area contributed by atoms with Gasteiger partial charge in [0, 0.05) is 11.9 Å². The predicted octanol–water partition coefficient (Wildman–Crippen LogP) is 4.01. The molecule has 9 heteroatoms. The number of aromatic hydroxyl groups is 1. The van der Waals surface area contributed by atoms with Gasteiger partial charge in [-0.25, -0.2) is 4.98 Å². The molecule has 2 heterocycles. The molecule has 0 aliphatic heterocycles. The normalized spacial score (nSPS) is 12.3. The van der Waals surface area contributed by atoms with Crippen LogP contribution in [0.2, 0.25) is 0 Å². The molecule has 0 unspecified atom stereocenters. The lowest BCUT2D eigenvalue weighted by Crippen LogP contribution is -2.18. The van der Waals surface area contributed by atoms with Crippen LogP contribution < -0.4 is 5.43 Å². The number of halogens is 3. The van der Waals surface area contributed by atoms with E-state index in [9.17, 15) is 23.1 Å². The van der Waals surface area contributed by atoms with Crippen LogP contribution in [0.5, 0.6) is 5.75 Å². The minimum atomic E-state index is -4.89. The maximum absolute atomic E-state index is 13.6. The van der Waals surface area contributed by atoms with E-state index in [-0.39, 0.29) is 34.5 Å². The fourth-order valence-electron chi connectivity index (χ4n) is 2.68. The fraction of sp³-hybridized carbons (Fsp3) is 0.294. The van der Waals surface area contributed by atoms with Gasteiger partial charge < -0.3 is 14.4 Å². The lowest BCUT2D eigenvalue weighted by Gasteiger charge is -2.16. The van der Waals surface area contributed by atoms with Gasteiger partial charge in [-0.15, -0.1) is 11.3 Å². The minimum Gasteiger partial charge on any atom is -0.507 e. The van der Waals surface area contributed by atoms with Crippen LogP contribution in [0.1, 0.15) is 16.3 Å². The Hall–Kier alpha value is -2.39. The molecule has 1 N–H and O–H groups in total. The maximum atomic E-state index is 13.6. The Morgan fingerprint density at radius 1 is 1.31 bits per heavy atom. The van der Waals surface area contributed by atoms with E-state index in [0.29, 0.717) is 5.01 Å². The Bertz CT molecular complexity index is 1040. The SMILES string of the molecule is Cc1nc(-c2c(C(F)(F)F)oc3c(CN(C)C)c(O)ccc3c2=O)cs1. The molecule has 0 radical (unpaired) electrons. The lowest BCUT2D eigenvalue weighted by atomic mass is 10.0. The molecule has 5 nitrogen and oxygen atoms in total. The highest BCUT2D eigenvalue weighted by Crippen LogP contribution is 2.39. The summed E-state index contributed by atoms with van der Waals surface area (Å²) in [7, 11) is 3.38. The third-order valence-corrected chi connectivity index (χ3v) is 4.52. The van der Waals surface area contributed by atoms with Gasteiger partial charge in [-0.3, -0.25) is 4.79 Å². The number of aromatic nitrogens is 1. The number of hydrogen-bond acceptors (Lipinski definition) is 6. The summed E-state index contributed by atoms with van der Waals surface area (Å²) in [6, 6.07) is 2.54. The topological polar surface area (TPSA) is 66.6 Å². The van der Waals surface area contributed by atoms with Gasteiger partial charge in [-0.2, -0.15) is 13.2 Å². The second-order valence-corrected chi connectivity index (χ2v) is 7.12. The molecule has 2 aromatic heterocycles. The van der Waals surface area contributed by atoms with Gasteiger partial charge in [-0.05, 0) is 33.2 Å². The van der Waals surface area contributed by atoms with E-state index in [1.807, 2.05) is 0 Å². The molecule has 1 aromatic carbocycles. The Morgan fingerprint density at radius 3 is 2.54 bits per heavy atom. The molecule has 0 saturated heterocycles. The van der Waals surface area contributed by atoms with E-state index in [1.165, 1.54) is 17.5 Å². The van der Waals surface area contributed by atoms with Crippen molar-refractivity contribution >= 4 is 22.3 Å². The molecular weight excluding hydrogens is 369 g/mol. The first-order valence-corrected chi connectivity index (χ1v) is 8.43. The van der Waals surface area contributed by atoms with Crippen molar-refractivity contribution in [3.05, 3.63) is 44.1 Å². The second-order valence-electron chi connectivity index (χ2n) is 6.06. The van der Waals surface area contributed by atoms with Crippen LogP contribution in [0.25, 0.3) is 22.2 Å². The number of alkyl halides is 3. The molecule has 0 saturated carbocycles. The standard InChI is InChI=1S/C17H15F3N2O3S/c1-8-21-11(7-26-8)13-14(24)9-4-5-12(23)10(6-22(2)3)15(9)25-16(13)17(18,19)20/h4-5,7,23H,6H2,1-3H3. The van der Waals surface area contributed by atoms with Crippen LogP contribution >= 0.6 is 11.3 Å². The zero-order chi connectivity index (χ0) is 19.2. The van der Waals surface area contributed by atoms with Crippen molar-refractivity contribution in [1.82, 2.24) is 9.88 Å². The van der Waals surface area contributed by atoms with E-state index < -0.39 is 22.9 Å². The average molecular weight is 384 g/mol. The van der Waals surface area contributed by atoms with Gasteiger partial charge in [0.25, 0.3) is 0 Å². The lowest BCUT2D eigenvalue weighted by molar-refractivity contribution is -0.152. The number of nitrogens with zero attached hydrogens (tertiary/aromatic N) is 2. The summed E-state index contributed by atoms with van der Waals surface area (Å²) in [5.41, 5.74) is -1.67. The first kappa shape index (κ1) is 18.4. The van der Waals surface area contributed by atoms with Crippen LogP contribution in [0, 0.1) is 6.92 Å². The number of aryl methyl sites for hydroxylation is 1. The molecule has 0 bridgehead atoms. The summed E-state index contributed by atoms with van der Waals surface area (Å²) in [6.45, 7) is 1.75. The Morgan fingerprint density at radius 2 is 2.00 bits per heavy atom. The number of benzene rings is 1. The maximum Gasteiger partial charge on any atom is 0.450 e. The first-order valence-electron chi connectivity index (χ1n) is 7.55. The molecule has 3 aromatic rings. The van der Waals surface area contributed by atoms with Crippen LogP contribution in [0.15, 0.2) is 26.7 Å². The molecule has 0 aliphatic carbocycles. The van der Waals surface area contributed by atoms with Gasteiger partial charge in [0.15, 0.2) is 0 Å². The molecule has 0 spiro atoms. The third kappa shape index (κ3) is 3.19. The van der Waals surface area contributed by atoms with Crippen LogP contribution in [-0.2, 0) is 12.7 Å². The van der Waals surface area contributed by atoms with E-state index in [4.69, 9.17) is 4.42 Å². The van der Waals surface area contributed by atoms with Crippen molar-refractivity contribution in [2.75, 3.05) is 14.1 Å². The van der Waals surface area contributed by atoms with Crippen molar-refractivity contribution in [2.24, 2.45) is 0 Å². The first-order chi connectivity index (χ1) is 12.1. The average Bonchev–Trinajstić information content (AvgIpc) is 2.94. The van der Waals surface area contributed by atoms with E-state index >= 15 is 0 Å². The summed E-state index contributed by atoms with van der Waals surface area (Å²) >= 11 is 1.14. The van der Waals surface area contributed by atoms with E-state index in [2.05, 4.69) is 4.98 Å². The molecule has 0 aliphatic rings. The molecule has 0 atom stereocenters. The Kier molecular flexibility index (Phi) is 4.53. The Labute approximate surface area is 150 Å². The van der Waals surface area contributed by atoms with Crippen molar-refractivity contribution in [3.8, 4) is 17.0 Å². The highest BCUT2D eigenvalue weighted by molar-refractivity contribution is 7.09. The van der Waals surface area contributed by atoms with E-state index in [0.717, 1.165) is 11.3 Å². The Balaban J connectivity index is 2.44. The summed E-state index contributed by atoms with van der Waals surface area (Å²) in [5, 5.41) is 11.9. The number of rotatable bonds is 3. The molecule has 0 amide bonds. The molecular formula is C17H15F3N2O3S. The van der Waals surface area contributed by atoms with E-state index in [1.54, 1.807) is 25.9 Å². The quantitative estimate of drug-likeness (QED) is 0.739. The molecule has 26 heavy (non-hydrogen) atoms. The second kappa shape index (κ2) is 6.40. The van der Waals surface area contributed by atoms with Crippen molar-refractivity contribution in [1.29, 1.82) is 0 Å². The fourth-order valence-corrected chi connectivity index (χ4v) is 3.29. The highest BCUT2D eigenvalue weighted by Gasteiger charge is 2.40. The van der Waals surface area contributed by atoms with Crippen LogP contribution in [0.4, 0.5) is 13.2 Å². The number of hydrogen-bond donors (Lipinski definition) is 1. The largest absolute Gasteiger partial charge is 0.507 e. The zero-order valence-electron chi connectivity index (χ0n) is 14.1. The monoisotopic (exact) mass is 384 g/mol. The number of phenolic OH excluding ortho intramolecular Hbond substituents is 1. The zero-order valence-corrected chi connectivity index (χ0v) is 15.0. The van der Waals surface area contributed by atoms with Crippen LogP contribution in [-0.4, -0.2) is 29.1 Å². The molecule has 138 valence electrons. The van der Waals surface area contributed by atoms with Crippen molar-refractivity contribution < 1.29 is 22.7 Å². The predicted molar refractivity (Wildman–Crippen MR) is 92.4 cm³/mol. The molecule has 0 fully saturated rings. The van der Waals surface area contributed by atoms with Gasteiger partial charge in [0.1, 0.15) is 11.3 Å². The van der Waals surface area contributed by atoms with Gasteiger partial charge in [0.05, 0.1) is 27.2 Å². The smallest absolute Gasteiger partial charge is 0.450 e. The minimum absolute atomic E-state index is 0.0340. The highest BCUT2D eigenvalue weighted by atomic mass is 32.1. The molecule has 3 rings (SSSR count). The van der Waals surface area contributed by atoms with Crippen LogP contribution in [0.3, 0.4) is 0 Å². The summed E-state index contributed by atoms with van der Waals surface area (Å²) in [6.07, 6.45) is -4.89. The van der Waals surface area contributed by atoms with Gasteiger partial charge >= 0.3 is 6.18 Å². The van der Waals surface area contributed by atoms with Crippen molar-refractivity contribution in [2.45, 2.75) is 19.6 Å².